The maximum atomic E-state index is 11.0. The first-order valence-corrected chi connectivity index (χ1v) is 4.24. The maximum absolute atomic E-state index is 11.0. The van der Waals surface area contributed by atoms with Crippen molar-refractivity contribution in [2.45, 2.75) is 19.8 Å². The Morgan fingerprint density at radius 3 is 2.50 bits per heavy atom. The molecule has 0 N–H and O–H groups in total. The van der Waals surface area contributed by atoms with Crippen molar-refractivity contribution in [3.05, 3.63) is 11.8 Å². The van der Waals surface area contributed by atoms with Gasteiger partial charge in [-0.05, 0) is 31.6 Å². The predicted molar refractivity (Wildman–Crippen MR) is 42.4 cm³/mol. The molecule has 1 aliphatic carbocycles. The summed E-state index contributed by atoms with van der Waals surface area (Å²) in [5, 5.41) is 10.9. The molecule has 0 saturated heterocycles. The fourth-order valence-electron chi connectivity index (χ4n) is 0.876. The summed E-state index contributed by atoms with van der Waals surface area (Å²) >= 11 is 0. The van der Waals surface area contributed by atoms with Crippen LogP contribution in [0.1, 0.15) is 19.8 Å². The van der Waals surface area contributed by atoms with E-state index in [4.69, 9.17) is 0 Å². The molecule has 0 amide bonds. The molecule has 14 heavy (non-hydrogen) atoms. The molecule has 4 nitrogen and oxygen atoms in total. The van der Waals surface area contributed by atoms with Crippen LogP contribution < -0.4 is 34.7 Å². The van der Waals surface area contributed by atoms with E-state index in [1.54, 1.807) is 6.92 Å². The molecule has 1 aliphatic rings. The standard InChI is InChI=1S/C9H12O4.Na/c1-2-13-9(12)8(11)5-7(10)6-3-4-6;/h5-6,11H,2-4H2,1H3;/q;+1/p-1/b8-5-;. The largest absolute Gasteiger partial charge is 1.00 e. The minimum Gasteiger partial charge on any atom is -0.868 e. The molecule has 5 heteroatoms. The molecular weight excluding hydrogens is 195 g/mol. The Labute approximate surface area is 105 Å². The van der Waals surface area contributed by atoms with Gasteiger partial charge in [0.2, 0.25) is 0 Å². The molecule has 0 aliphatic heterocycles. The van der Waals surface area contributed by atoms with E-state index in [1.807, 2.05) is 0 Å². The van der Waals surface area contributed by atoms with E-state index in [0.717, 1.165) is 18.9 Å². The fraction of sp³-hybridized carbons (Fsp3) is 0.556. The Balaban J connectivity index is 0.00000169. The van der Waals surface area contributed by atoms with E-state index < -0.39 is 11.7 Å². The van der Waals surface area contributed by atoms with Crippen LogP contribution in [0.5, 0.6) is 0 Å². The van der Waals surface area contributed by atoms with Crippen LogP contribution in [0, 0.1) is 5.92 Å². The van der Waals surface area contributed by atoms with Crippen molar-refractivity contribution in [3.8, 4) is 0 Å². The maximum Gasteiger partial charge on any atom is 1.00 e. The van der Waals surface area contributed by atoms with Crippen molar-refractivity contribution in [2.24, 2.45) is 5.92 Å². The number of ketones is 1. The molecule has 0 unspecified atom stereocenters. The fourth-order valence-corrected chi connectivity index (χ4v) is 0.876. The Bertz CT molecular complexity index is 256. The van der Waals surface area contributed by atoms with Gasteiger partial charge in [0.05, 0.1) is 6.61 Å². The second kappa shape index (κ2) is 6.22. The summed E-state index contributed by atoms with van der Waals surface area (Å²) < 4.78 is 4.43. The number of allylic oxidation sites excluding steroid dienone is 1. The first kappa shape index (κ1) is 13.7. The van der Waals surface area contributed by atoms with Crippen molar-refractivity contribution in [1.29, 1.82) is 0 Å². The van der Waals surface area contributed by atoms with Gasteiger partial charge in [0.1, 0.15) is 0 Å². The Morgan fingerprint density at radius 2 is 2.07 bits per heavy atom. The Hall–Kier alpha value is -0.320. The van der Waals surface area contributed by atoms with Gasteiger partial charge >= 0.3 is 35.5 Å². The summed E-state index contributed by atoms with van der Waals surface area (Å²) in [4.78, 5) is 21.8. The van der Waals surface area contributed by atoms with Crippen LogP contribution in [0.25, 0.3) is 0 Å². The molecular formula is C9H11NaO4. The zero-order valence-electron chi connectivity index (χ0n) is 8.41. The van der Waals surface area contributed by atoms with Gasteiger partial charge < -0.3 is 9.84 Å². The van der Waals surface area contributed by atoms with Crippen molar-refractivity contribution in [3.63, 3.8) is 0 Å². The number of hydrogen-bond acceptors (Lipinski definition) is 4. The van der Waals surface area contributed by atoms with Crippen LogP contribution in [0.3, 0.4) is 0 Å². The number of ether oxygens (including phenoxy) is 1. The second-order valence-corrected chi connectivity index (χ2v) is 2.91. The van der Waals surface area contributed by atoms with E-state index in [-0.39, 0.29) is 47.9 Å². The minimum absolute atomic E-state index is 0. The molecule has 0 radical (unpaired) electrons. The summed E-state index contributed by atoms with van der Waals surface area (Å²) in [7, 11) is 0. The van der Waals surface area contributed by atoms with Gasteiger partial charge in [0, 0.05) is 5.92 Å². The summed E-state index contributed by atoms with van der Waals surface area (Å²) in [5.74, 6) is -2.08. The number of carbonyl (C=O) groups is 2. The second-order valence-electron chi connectivity index (χ2n) is 2.91. The van der Waals surface area contributed by atoms with Crippen LogP contribution >= 0.6 is 0 Å². The first-order valence-electron chi connectivity index (χ1n) is 4.24. The van der Waals surface area contributed by atoms with Gasteiger partial charge in [-0.15, -0.1) is 0 Å². The minimum atomic E-state index is -0.948. The van der Waals surface area contributed by atoms with Crippen molar-refractivity contribution >= 4 is 11.8 Å². The van der Waals surface area contributed by atoms with Gasteiger partial charge in [-0.3, -0.25) is 4.79 Å². The third-order valence-electron chi connectivity index (χ3n) is 1.73. The van der Waals surface area contributed by atoms with Gasteiger partial charge in [-0.25, -0.2) is 4.79 Å². The third-order valence-corrected chi connectivity index (χ3v) is 1.73. The summed E-state index contributed by atoms with van der Waals surface area (Å²) in [6.07, 6.45) is 2.49. The quantitative estimate of drug-likeness (QED) is 0.210. The van der Waals surface area contributed by atoms with Crippen LogP contribution in [0.2, 0.25) is 0 Å². The molecule has 1 fully saturated rings. The van der Waals surface area contributed by atoms with Crippen molar-refractivity contribution in [2.75, 3.05) is 6.61 Å². The van der Waals surface area contributed by atoms with Crippen molar-refractivity contribution in [1.82, 2.24) is 0 Å². The van der Waals surface area contributed by atoms with E-state index in [0.29, 0.717) is 0 Å². The van der Waals surface area contributed by atoms with Gasteiger partial charge in [0.15, 0.2) is 5.78 Å². The molecule has 72 valence electrons. The topological polar surface area (TPSA) is 66.4 Å². The van der Waals surface area contributed by atoms with Crippen molar-refractivity contribution < 1.29 is 49.0 Å². The van der Waals surface area contributed by atoms with E-state index in [2.05, 4.69) is 4.74 Å². The molecule has 0 aromatic heterocycles. The van der Waals surface area contributed by atoms with E-state index in [9.17, 15) is 14.7 Å². The summed E-state index contributed by atoms with van der Waals surface area (Å²) in [5.41, 5.74) is 0. The molecule has 0 aromatic rings. The molecule has 0 spiro atoms. The van der Waals surface area contributed by atoms with Crippen LogP contribution in [-0.2, 0) is 14.3 Å². The monoisotopic (exact) mass is 206 g/mol. The average Bonchev–Trinajstić information content (AvgIpc) is 2.86. The molecule has 0 bridgehead atoms. The summed E-state index contributed by atoms with van der Waals surface area (Å²) in [6.45, 7) is 1.75. The van der Waals surface area contributed by atoms with E-state index in [1.165, 1.54) is 0 Å². The average molecular weight is 206 g/mol. The van der Waals surface area contributed by atoms with E-state index >= 15 is 0 Å². The van der Waals surface area contributed by atoms with Crippen LogP contribution in [-0.4, -0.2) is 18.4 Å². The molecule has 0 atom stereocenters. The Morgan fingerprint density at radius 1 is 1.50 bits per heavy atom. The number of rotatable bonds is 4. The van der Waals surface area contributed by atoms with Gasteiger partial charge in [0.25, 0.3) is 0 Å². The third kappa shape index (κ3) is 4.26. The Kier molecular flexibility index (Phi) is 6.08. The molecule has 0 heterocycles. The predicted octanol–water partition coefficient (Wildman–Crippen LogP) is -3.22. The normalized spacial score (nSPS) is 15.6. The first-order chi connectivity index (χ1) is 6.15. The van der Waals surface area contributed by atoms with Gasteiger partial charge in [-0.2, -0.15) is 0 Å². The molecule has 1 rings (SSSR count). The number of esters is 1. The molecule has 0 aromatic carbocycles. The SMILES string of the molecule is CCOC(=O)/C([O-])=C/C(=O)C1CC1.[Na+]. The zero-order valence-corrected chi connectivity index (χ0v) is 10.4. The number of carbonyl (C=O) groups excluding carboxylic acids is 2. The summed E-state index contributed by atoms with van der Waals surface area (Å²) in [6, 6.07) is 0. The van der Waals surface area contributed by atoms with Crippen LogP contribution in [0.15, 0.2) is 11.8 Å². The zero-order chi connectivity index (χ0) is 9.84. The molecule has 1 saturated carbocycles. The number of hydrogen-bond donors (Lipinski definition) is 0. The van der Waals surface area contributed by atoms with Gasteiger partial charge in [-0.1, -0.05) is 0 Å². The smallest absolute Gasteiger partial charge is 0.868 e. The van der Waals surface area contributed by atoms with Crippen LogP contribution in [0.4, 0.5) is 0 Å².